The molecule has 2 aromatic rings. The zero-order chi connectivity index (χ0) is 16.4. The molecule has 5 nitrogen and oxygen atoms in total. The molecule has 1 aliphatic rings. The topological polar surface area (TPSA) is 50.5 Å². The van der Waals surface area contributed by atoms with E-state index in [1.54, 1.807) is 7.11 Å². The van der Waals surface area contributed by atoms with Gasteiger partial charge in [-0.15, -0.1) is 0 Å². The number of methoxy groups -OCH3 is 1. The van der Waals surface area contributed by atoms with E-state index in [2.05, 4.69) is 36.0 Å². The molecule has 0 saturated carbocycles. The number of nitrogens with zero attached hydrogens (tertiary/aromatic N) is 3. The minimum atomic E-state index is 0.0107. The lowest BCUT2D eigenvalue weighted by Gasteiger charge is -2.22. The van der Waals surface area contributed by atoms with Gasteiger partial charge in [-0.1, -0.05) is 6.07 Å². The molecule has 1 N–H and O–H groups in total. The number of aromatic nitrogens is 2. The van der Waals surface area contributed by atoms with E-state index in [0.29, 0.717) is 0 Å². The number of aryl methyl sites for hydroxylation is 1. The molecular formula is C18H25N3O2. The number of ether oxygens (including phenoxy) is 1. The Morgan fingerprint density at radius 3 is 2.78 bits per heavy atom. The standard InChI is InChI=1S/C18H25N3O2/c1-13-14(2)18(23-3)6-5-15(13)10-20-7-4-8-21-17(11-20)9-16(12-22)19-21/h5-6,9,22H,4,7-8,10-12H2,1-3H3. The number of benzene rings is 1. The highest BCUT2D eigenvalue weighted by atomic mass is 16.5. The van der Waals surface area contributed by atoms with Crippen molar-refractivity contribution < 1.29 is 9.84 Å². The van der Waals surface area contributed by atoms with E-state index in [9.17, 15) is 5.11 Å². The number of fused-ring (bicyclic) bond motifs is 1. The van der Waals surface area contributed by atoms with Crippen molar-refractivity contribution in [1.29, 1.82) is 0 Å². The molecule has 0 aliphatic carbocycles. The molecule has 1 aromatic carbocycles. The van der Waals surface area contributed by atoms with Crippen LogP contribution in [0.1, 0.15) is 34.5 Å². The second-order valence-corrected chi connectivity index (χ2v) is 6.25. The molecule has 0 fully saturated rings. The zero-order valence-corrected chi connectivity index (χ0v) is 14.2. The summed E-state index contributed by atoms with van der Waals surface area (Å²) in [4.78, 5) is 2.45. The van der Waals surface area contributed by atoms with E-state index in [1.165, 1.54) is 22.4 Å². The van der Waals surface area contributed by atoms with Gasteiger partial charge in [0.05, 0.1) is 25.1 Å². The summed E-state index contributed by atoms with van der Waals surface area (Å²) in [6, 6.07) is 6.25. The molecule has 124 valence electrons. The molecular weight excluding hydrogens is 290 g/mol. The molecule has 0 radical (unpaired) electrons. The van der Waals surface area contributed by atoms with Crippen LogP contribution in [-0.4, -0.2) is 33.4 Å². The van der Waals surface area contributed by atoms with E-state index in [4.69, 9.17) is 4.74 Å². The van der Waals surface area contributed by atoms with Crippen molar-refractivity contribution in [3.63, 3.8) is 0 Å². The third-order valence-corrected chi connectivity index (χ3v) is 4.77. The van der Waals surface area contributed by atoms with Crippen LogP contribution < -0.4 is 4.74 Å². The molecule has 1 aliphatic heterocycles. The van der Waals surface area contributed by atoms with Crippen LogP contribution in [0.15, 0.2) is 18.2 Å². The monoisotopic (exact) mass is 315 g/mol. The lowest BCUT2D eigenvalue weighted by molar-refractivity contribution is 0.259. The highest BCUT2D eigenvalue weighted by Crippen LogP contribution is 2.26. The highest BCUT2D eigenvalue weighted by Gasteiger charge is 2.18. The number of aliphatic hydroxyl groups is 1. The van der Waals surface area contributed by atoms with E-state index in [-0.39, 0.29) is 6.61 Å². The van der Waals surface area contributed by atoms with Gasteiger partial charge in [-0.2, -0.15) is 5.10 Å². The Morgan fingerprint density at radius 2 is 2.04 bits per heavy atom. The number of rotatable bonds is 4. The third kappa shape index (κ3) is 3.26. The van der Waals surface area contributed by atoms with E-state index in [1.807, 2.05) is 10.7 Å². The number of hydrogen-bond donors (Lipinski definition) is 1. The van der Waals surface area contributed by atoms with Crippen LogP contribution in [0.25, 0.3) is 0 Å². The predicted molar refractivity (Wildman–Crippen MR) is 89.3 cm³/mol. The molecule has 2 heterocycles. The van der Waals surface area contributed by atoms with Gasteiger partial charge in [-0.25, -0.2) is 0 Å². The van der Waals surface area contributed by atoms with Crippen molar-refractivity contribution >= 4 is 0 Å². The average Bonchev–Trinajstić information content (AvgIpc) is 2.84. The van der Waals surface area contributed by atoms with Crippen molar-refractivity contribution in [3.05, 3.63) is 46.3 Å². The normalized spacial score (nSPS) is 15.3. The largest absolute Gasteiger partial charge is 0.496 e. The van der Waals surface area contributed by atoms with Gasteiger partial charge in [0.25, 0.3) is 0 Å². The maximum absolute atomic E-state index is 9.27. The first-order valence-electron chi connectivity index (χ1n) is 8.14. The highest BCUT2D eigenvalue weighted by molar-refractivity contribution is 5.43. The summed E-state index contributed by atoms with van der Waals surface area (Å²) in [5.41, 5.74) is 5.82. The Morgan fingerprint density at radius 1 is 1.22 bits per heavy atom. The smallest absolute Gasteiger partial charge is 0.122 e. The van der Waals surface area contributed by atoms with Gasteiger partial charge in [0, 0.05) is 26.2 Å². The van der Waals surface area contributed by atoms with Crippen molar-refractivity contribution in [1.82, 2.24) is 14.7 Å². The minimum absolute atomic E-state index is 0.0107. The summed E-state index contributed by atoms with van der Waals surface area (Å²) >= 11 is 0. The van der Waals surface area contributed by atoms with Crippen molar-refractivity contribution in [2.45, 2.75) is 46.5 Å². The summed E-state index contributed by atoms with van der Waals surface area (Å²) in [5.74, 6) is 0.952. The van der Waals surface area contributed by atoms with Gasteiger partial charge in [0.15, 0.2) is 0 Å². The summed E-state index contributed by atoms with van der Waals surface area (Å²) < 4.78 is 7.44. The van der Waals surface area contributed by atoms with Gasteiger partial charge in [0.1, 0.15) is 5.75 Å². The van der Waals surface area contributed by atoms with Gasteiger partial charge >= 0.3 is 0 Å². The van der Waals surface area contributed by atoms with E-state index in [0.717, 1.165) is 44.0 Å². The van der Waals surface area contributed by atoms with E-state index >= 15 is 0 Å². The second-order valence-electron chi connectivity index (χ2n) is 6.25. The fourth-order valence-corrected chi connectivity index (χ4v) is 3.29. The minimum Gasteiger partial charge on any atom is -0.496 e. The van der Waals surface area contributed by atoms with Crippen LogP contribution in [0.5, 0.6) is 5.75 Å². The maximum atomic E-state index is 9.27. The average molecular weight is 315 g/mol. The van der Waals surface area contributed by atoms with Gasteiger partial charge in [-0.3, -0.25) is 9.58 Å². The molecule has 0 saturated heterocycles. The van der Waals surface area contributed by atoms with Crippen molar-refractivity contribution in [2.75, 3.05) is 13.7 Å². The second kappa shape index (κ2) is 6.72. The maximum Gasteiger partial charge on any atom is 0.122 e. The van der Waals surface area contributed by atoms with Crippen LogP contribution in [0.4, 0.5) is 0 Å². The molecule has 3 rings (SSSR count). The van der Waals surface area contributed by atoms with Crippen LogP contribution in [0, 0.1) is 13.8 Å². The first-order valence-corrected chi connectivity index (χ1v) is 8.14. The van der Waals surface area contributed by atoms with Crippen LogP contribution in [-0.2, 0) is 26.2 Å². The lowest BCUT2D eigenvalue weighted by Crippen LogP contribution is -2.23. The summed E-state index contributed by atoms with van der Waals surface area (Å²) in [6.45, 7) is 8.07. The first-order chi connectivity index (χ1) is 11.1. The van der Waals surface area contributed by atoms with Gasteiger partial charge in [0.2, 0.25) is 0 Å². The fraction of sp³-hybridized carbons (Fsp3) is 0.500. The first kappa shape index (κ1) is 16.0. The Labute approximate surface area is 137 Å². The van der Waals surface area contributed by atoms with Crippen LogP contribution >= 0.6 is 0 Å². The van der Waals surface area contributed by atoms with Crippen LogP contribution in [0.2, 0.25) is 0 Å². The summed E-state index contributed by atoms with van der Waals surface area (Å²) in [5, 5.41) is 13.7. The van der Waals surface area contributed by atoms with Crippen molar-refractivity contribution in [3.8, 4) is 5.75 Å². The quantitative estimate of drug-likeness (QED) is 0.941. The number of hydrogen-bond acceptors (Lipinski definition) is 4. The Hall–Kier alpha value is -1.85. The van der Waals surface area contributed by atoms with Gasteiger partial charge in [-0.05, 0) is 49.1 Å². The molecule has 1 aromatic heterocycles. The third-order valence-electron chi connectivity index (χ3n) is 4.77. The lowest BCUT2D eigenvalue weighted by atomic mass is 10.0. The van der Waals surface area contributed by atoms with E-state index < -0.39 is 0 Å². The molecule has 23 heavy (non-hydrogen) atoms. The number of aliphatic hydroxyl groups excluding tert-OH is 1. The molecule has 5 heteroatoms. The molecule has 0 amide bonds. The Balaban J connectivity index is 1.79. The molecule has 0 atom stereocenters. The molecule has 0 bridgehead atoms. The summed E-state index contributed by atoms with van der Waals surface area (Å²) in [6.07, 6.45) is 1.08. The fourth-order valence-electron chi connectivity index (χ4n) is 3.29. The summed E-state index contributed by atoms with van der Waals surface area (Å²) in [7, 11) is 1.72. The molecule has 0 unspecified atom stereocenters. The van der Waals surface area contributed by atoms with Crippen molar-refractivity contribution in [2.24, 2.45) is 0 Å². The Kier molecular flexibility index (Phi) is 4.68. The Bertz CT molecular complexity index is 694. The van der Waals surface area contributed by atoms with Crippen LogP contribution in [0.3, 0.4) is 0 Å². The molecule has 0 spiro atoms. The predicted octanol–water partition coefficient (Wildman–Crippen LogP) is 2.41. The van der Waals surface area contributed by atoms with Gasteiger partial charge < -0.3 is 9.84 Å². The SMILES string of the molecule is COc1ccc(CN2CCCn3nc(CO)cc3C2)c(C)c1C. The zero-order valence-electron chi connectivity index (χ0n) is 14.2.